The van der Waals surface area contributed by atoms with Gasteiger partial charge in [0, 0.05) is 6.04 Å². The predicted molar refractivity (Wildman–Crippen MR) is 79.3 cm³/mol. The molecule has 0 heterocycles. The number of nitrogen functional groups attached to an aromatic ring is 1. The summed E-state index contributed by atoms with van der Waals surface area (Å²) in [5.41, 5.74) is 6.63. The van der Waals surface area contributed by atoms with Gasteiger partial charge in [0.1, 0.15) is 0 Å². The summed E-state index contributed by atoms with van der Waals surface area (Å²) in [6, 6.07) is 5.41. The van der Waals surface area contributed by atoms with Crippen molar-refractivity contribution in [3.8, 4) is 0 Å². The zero-order valence-corrected chi connectivity index (χ0v) is 12.2. The van der Waals surface area contributed by atoms with Crippen LogP contribution in [0, 0.1) is 11.8 Å². The monoisotopic (exact) mass is 280 g/mol. The minimum atomic E-state index is -0.121. The Labute approximate surface area is 119 Å². The van der Waals surface area contributed by atoms with Crippen molar-refractivity contribution in [1.29, 1.82) is 0 Å². The van der Waals surface area contributed by atoms with Gasteiger partial charge in [0.15, 0.2) is 0 Å². The number of nitrogens with two attached hydrogens (primary N) is 1. The lowest BCUT2D eigenvalue weighted by molar-refractivity contribution is 0.0911. The smallest absolute Gasteiger partial charge is 0.253 e. The number of hydrogen-bond donors (Lipinski definition) is 2. The Morgan fingerprint density at radius 1 is 1.32 bits per heavy atom. The van der Waals surface area contributed by atoms with Gasteiger partial charge in [-0.3, -0.25) is 4.79 Å². The molecule has 0 bridgehead atoms. The van der Waals surface area contributed by atoms with E-state index in [1.807, 2.05) is 0 Å². The van der Waals surface area contributed by atoms with E-state index in [9.17, 15) is 4.79 Å². The van der Waals surface area contributed by atoms with Crippen molar-refractivity contribution >= 4 is 23.2 Å². The van der Waals surface area contributed by atoms with E-state index in [2.05, 4.69) is 19.2 Å². The molecule has 0 saturated heterocycles. The van der Waals surface area contributed by atoms with Crippen molar-refractivity contribution in [2.75, 3.05) is 5.73 Å². The molecule has 104 valence electrons. The number of nitrogens with one attached hydrogen (secondary N) is 1. The molecule has 0 aliphatic heterocycles. The molecule has 3 nitrogen and oxygen atoms in total. The minimum Gasteiger partial charge on any atom is -0.398 e. The number of anilines is 1. The first kappa shape index (κ1) is 14.2. The Balaban J connectivity index is 2.03. The molecule has 4 heteroatoms. The van der Waals surface area contributed by atoms with Crippen LogP contribution in [0.2, 0.25) is 5.02 Å². The summed E-state index contributed by atoms with van der Waals surface area (Å²) in [7, 11) is 0. The first-order valence-corrected chi connectivity index (χ1v) is 7.21. The van der Waals surface area contributed by atoms with Crippen LogP contribution in [0.15, 0.2) is 18.2 Å². The van der Waals surface area contributed by atoms with Gasteiger partial charge in [-0.2, -0.15) is 0 Å². The molecule has 19 heavy (non-hydrogen) atoms. The fraction of sp³-hybridized carbons (Fsp3) is 0.533. The molecule has 0 spiro atoms. The largest absolute Gasteiger partial charge is 0.398 e. The molecule has 2 rings (SSSR count). The Hall–Kier alpha value is -1.22. The van der Waals surface area contributed by atoms with E-state index in [4.69, 9.17) is 17.3 Å². The van der Waals surface area contributed by atoms with E-state index in [0.717, 1.165) is 25.2 Å². The second-order valence-corrected chi connectivity index (χ2v) is 6.02. The quantitative estimate of drug-likeness (QED) is 0.815. The number of carbonyl (C=O) groups excluding carboxylic acids is 1. The Kier molecular flexibility index (Phi) is 4.35. The van der Waals surface area contributed by atoms with Gasteiger partial charge in [-0.25, -0.2) is 0 Å². The summed E-state index contributed by atoms with van der Waals surface area (Å²) in [6.45, 7) is 4.52. The Bertz CT molecular complexity index is 475. The Morgan fingerprint density at radius 3 is 2.74 bits per heavy atom. The summed E-state index contributed by atoms with van der Waals surface area (Å²) in [5, 5.41) is 3.42. The van der Waals surface area contributed by atoms with E-state index >= 15 is 0 Å². The lowest BCUT2D eigenvalue weighted by Gasteiger charge is -2.32. The molecule has 0 radical (unpaired) electrons. The molecule has 1 saturated carbocycles. The number of hydrogen-bond acceptors (Lipinski definition) is 2. The molecule has 3 atom stereocenters. The van der Waals surface area contributed by atoms with Gasteiger partial charge in [-0.05, 0) is 43.2 Å². The van der Waals surface area contributed by atoms with E-state index in [0.29, 0.717) is 22.2 Å². The summed E-state index contributed by atoms with van der Waals surface area (Å²) in [6.07, 6.45) is 3.24. The van der Waals surface area contributed by atoms with E-state index < -0.39 is 0 Å². The zero-order chi connectivity index (χ0) is 14.0. The molecule has 1 aliphatic rings. The Morgan fingerprint density at radius 2 is 2.05 bits per heavy atom. The van der Waals surface area contributed by atoms with E-state index in [1.54, 1.807) is 18.2 Å². The third kappa shape index (κ3) is 3.21. The highest BCUT2D eigenvalue weighted by Gasteiger charge is 2.26. The molecule has 3 unspecified atom stereocenters. The van der Waals surface area contributed by atoms with Gasteiger partial charge < -0.3 is 11.1 Å². The van der Waals surface area contributed by atoms with Crippen LogP contribution in [0.3, 0.4) is 0 Å². The molecule has 0 aromatic heterocycles. The van der Waals surface area contributed by atoms with Crippen LogP contribution in [-0.2, 0) is 0 Å². The van der Waals surface area contributed by atoms with Crippen molar-refractivity contribution in [3.05, 3.63) is 28.8 Å². The van der Waals surface area contributed by atoms with E-state index in [1.165, 1.54) is 0 Å². The van der Waals surface area contributed by atoms with Gasteiger partial charge in [-0.15, -0.1) is 0 Å². The second-order valence-electron chi connectivity index (χ2n) is 5.65. The van der Waals surface area contributed by atoms with Gasteiger partial charge in [-0.1, -0.05) is 31.5 Å². The molecule has 1 amide bonds. The molecule has 1 fully saturated rings. The van der Waals surface area contributed by atoms with Crippen molar-refractivity contribution in [3.63, 3.8) is 0 Å². The molecule has 1 aliphatic carbocycles. The van der Waals surface area contributed by atoms with Crippen LogP contribution < -0.4 is 11.1 Å². The number of halogens is 1. The highest BCUT2D eigenvalue weighted by molar-refractivity contribution is 6.36. The lowest BCUT2D eigenvalue weighted by Crippen LogP contribution is -2.40. The summed E-state index contributed by atoms with van der Waals surface area (Å²) in [5.74, 6) is 1.27. The number of benzene rings is 1. The third-order valence-corrected chi connectivity index (χ3v) is 4.63. The van der Waals surface area contributed by atoms with Crippen LogP contribution in [-0.4, -0.2) is 11.9 Å². The van der Waals surface area contributed by atoms with Crippen LogP contribution >= 0.6 is 11.6 Å². The van der Waals surface area contributed by atoms with Crippen molar-refractivity contribution < 1.29 is 4.79 Å². The molecular weight excluding hydrogens is 260 g/mol. The van der Waals surface area contributed by atoms with Gasteiger partial charge in [0.05, 0.1) is 16.3 Å². The molecule has 1 aromatic rings. The summed E-state index contributed by atoms with van der Waals surface area (Å²) >= 11 is 6.07. The maximum absolute atomic E-state index is 12.2. The zero-order valence-electron chi connectivity index (χ0n) is 11.4. The maximum Gasteiger partial charge on any atom is 0.253 e. The van der Waals surface area contributed by atoms with Crippen LogP contribution in [0.1, 0.15) is 43.5 Å². The summed E-state index contributed by atoms with van der Waals surface area (Å²) in [4.78, 5) is 12.2. The van der Waals surface area contributed by atoms with Gasteiger partial charge >= 0.3 is 0 Å². The topological polar surface area (TPSA) is 55.1 Å². The molecule has 3 N–H and O–H groups in total. The molecule has 1 aromatic carbocycles. The number of rotatable bonds is 2. The lowest BCUT2D eigenvalue weighted by atomic mass is 9.79. The highest BCUT2D eigenvalue weighted by atomic mass is 35.5. The van der Waals surface area contributed by atoms with Crippen molar-refractivity contribution in [1.82, 2.24) is 5.32 Å². The summed E-state index contributed by atoms with van der Waals surface area (Å²) < 4.78 is 0. The SMILES string of the molecule is CC1CCC(NC(=O)c2cccc(N)c2Cl)CC1C. The minimum absolute atomic E-state index is 0.121. The first-order chi connectivity index (χ1) is 8.99. The van der Waals surface area contributed by atoms with Gasteiger partial charge in [0.2, 0.25) is 0 Å². The number of amides is 1. The third-order valence-electron chi connectivity index (χ3n) is 4.21. The molecular formula is C15H21ClN2O. The normalized spacial score (nSPS) is 27.0. The predicted octanol–water partition coefficient (Wildman–Crippen LogP) is 3.48. The average Bonchev–Trinajstić information content (AvgIpc) is 2.37. The fourth-order valence-corrected chi connectivity index (χ4v) is 2.88. The van der Waals surface area contributed by atoms with Gasteiger partial charge in [0.25, 0.3) is 5.91 Å². The average molecular weight is 281 g/mol. The van der Waals surface area contributed by atoms with E-state index in [-0.39, 0.29) is 11.9 Å². The van der Waals surface area contributed by atoms with Crippen LogP contribution in [0.5, 0.6) is 0 Å². The second kappa shape index (κ2) is 5.83. The van der Waals surface area contributed by atoms with Crippen molar-refractivity contribution in [2.45, 2.75) is 39.2 Å². The number of carbonyl (C=O) groups is 1. The standard InChI is InChI=1S/C15H21ClN2O/c1-9-6-7-11(8-10(9)2)18-15(19)12-4-3-5-13(17)14(12)16/h3-5,9-11H,6-8,17H2,1-2H3,(H,18,19). The van der Waals surface area contributed by atoms with Crippen molar-refractivity contribution in [2.24, 2.45) is 11.8 Å². The highest BCUT2D eigenvalue weighted by Crippen LogP contribution is 2.30. The first-order valence-electron chi connectivity index (χ1n) is 6.84. The van der Waals surface area contributed by atoms with Crippen LogP contribution in [0.25, 0.3) is 0 Å². The maximum atomic E-state index is 12.2. The fourth-order valence-electron chi connectivity index (χ4n) is 2.67. The van der Waals surface area contributed by atoms with Crippen LogP contribution in [0.4, 0.5) is 5.69 Å².